The van der Waals surface area contributed by atoms with Crippen LogP contribution < -0.4 is 5.32 Å². The average Bonchev–Trinajstić information content (AvgIpc) is 2.55. The lowest BCUT2D eigenvalue weighted by atomic mass is 10.0. The first-order valence-corrected chi connectivity index (χ1v) is 8.09. The lowest BCUT2D eigenvalue weighted by molar-refractivity contribution is 0.0953. The van der Waals surface area contributed by atoms with Crippen LogP contribution in [0.1, 0.15) is 54.1 Å². The summed E-state index contributed by atoms with van der Waals surface area (Å²) < 4.78 is 0. The Hall–Kier alpha value is -2.09. The molecule has 116 valence electrons. The van der Waals surface area contributed by atoms with Crippen LogP contribution in [0.2, 0.25) is 0 Å². The van der Waals surface area contributed by atoms with Gasteiger partial charge in [-0.1, -0.05) is 56.3 Å². The number of carbonyl (C=O) groups excluding carboxylic acids is 1. The summed E-state index contributed by atoms with van der Waals surface area (Å²) in [5, 5.41) is 2.99. The smallest absolute Gasteiger partial charge is 0.251 e. The topological polar surface area (TPSA) is 29.1 Å². The second-order valence-electron chi connectivity index (χ2n) is 5.98. The van der Waals surface area contributed by atoms with Gasteiger partial charge in [0.2, 0.25) is 0 Å². The summed E-state index contributed by atoms with van der Waals surface area (Å²) in [7, 11) is 0. The molecule has 0 bridgehead atoms. The predicted octanol–water partition coefficient (Wildman–Crippen LogP) is 4.56. The summed E-state index contributed by atoms with van der Waals surface area (Å²) >= 11 is 0. The number of carbonyl (C=O) groups is 1. The highest BCUT2D eigenvalue weighted by Gasteiger charge is 2.05. The number of amides is 1. The van der Waals surface area contributed by atoms with Crippen LogP contribution in [0.3, 0.4) is 0 Å². The van der Waals surface area contributed by atoms with E-state index in [2.05, 4.69) is 43.4 Å². The molecule has 2 nitrogen and oxygen atoms in total. The maximum atomic E-state index is 12.0. The van der Waals surface area contributed by atoms with Crippen LogP contribution in [0.15, 0.2) is 54.6 Å². The van der Waals surface area contributed by atoms with Crippen molar-refractivity contribution in [3.8, 4) is 0 Å². The van der Waals surface area contributed by atoms with Gasteiger partial charge >= 0.3 is 0 Å². The lowest BCUT2D eigenvalue weighted by Gasteiger charge is -2.08. The number of hydrogen-bond donors (Lipinski definition) is 1. The minimum absolute atomic E-state index is 0.0232. The van der Waals surface area contributed by atoms with Crippen molar-refractivity contribution < 1.29 is 4.79 Å². The number of nitrogens with one attached hydrogen (secondary N) is 1. The first-order chi connectivity index (χ1) is 10.7. The van der Waals surface area contributed by atoms with Gasteiger partial charge in [0.15, 0.2) is 0 Å². The molecule has 2 aromatic carbocycles. The third-order valence-corrected chi connectivity index (χ3v) is 3.86. The summed E-state index contributed by atoms with van der Waals surface area (Å²) in [5.74, 6) is 0.519. The van der Waals surface area contributed by atoms with E-state index in [4.69, 9.17) is 0 Å². The Balaban J connectivity index is 1.69. The summed E-state index contributed by atoms with van der Waals surface area (Å²) in [5.41, 5.74) is 3.37. The van der Waals surface area contributed by atoms with E-state index in [0.717, 1.165) is 31.4 Å². The summed E-state index contributed by atoms with van der Waals surface area (Å²) in [6.45, 7) is 5.04. The molecule has 1 N–H and O–H groups in total. The molecule has 0 aliphatic carbocycles. The minimum Gasteiger partial charge on any atom is -0.352 e. The van der Waals surface area contributed by atoms with E-state index in [-0.39, 0.29) is 5.91 Å². The van der Waals surface area contributed by atoms with Gasteiger partial charge in [-0.15, -0.1) is 0 Å². The number of hydrogen-bond acceptors (Lipinski definition) is 1. The average molecular weight is 295 g/mol. The molecule has 22 heavy (non-hydrogen) atoms. The zero-order valence-corrected chi connectivity index (χ0v) is 13.5. The maximum absolute atomic E-state index is 12.0. The number of aryl methyl sites for hydroxylation is 1. The third kappa shape index (κ3) is 5.03. The molecule has 0 radical (unpaired) electrons. The van der Waals surface area contributed by atoms with Crippen molar-refractivity contribution in [3.05, 3.63) is 71.3 Å². The molecule has 0 aromatic heterocycles. The van der Waals surface area contributed by atoms with E-state index in [1.165, 1.54) is 11.1 Å². The molecule has 2 aromatic rings. The summed E-state index contributed by atoms with van der Waals surface area (Å²) in [4.78, 5) is 12.0. The van der Waals surface area contributed by atoms with Crippen LogP contribution >= 0.6 is 0 Å². The second kappa shape index (κ2) is 8.38. The first-order valence-electron chi connectivity index (χ1n) is 8.09. The number of benzene rings is 2. The number of unbranched alkanes of at least 4 members (excludes halogenated alkanes) is 1. The quantitative estimate of drug-likeness (QED) is 0.745. The first kappa shape index (κ1) is 16.3. The fourth-order valence-electron chi connectivity index (χ4n) is 2.42. The molecule has 0 aliphatic rings. The van der Waals surface area contributed by atoms with E-state index in [1.807, 2.05) is 30.3 Å². The lowest BCUT2D eigenvalue weighted by Crippen LogP contribution is -2.24. The monoisotopic (exact) mass is 295 g/mol. The van der Waals surface area contributed by atoms with Gasteiger partial charge in [0.1, 0.15) is 0 Å². The largest absolute Gasteiger partial charge is 0.352 e. The third-order valence-electron chi connectivity index (χ3n) is 3.86. The second-order valence-corrected chi connectivity index (χ2v) is 5.98. The van der Waals surface area contributed by atoms with E-state index in [1.54, 1.807) is 0 Å². The molecule has 2 heteroatoms. The fraction of sp³-hybridized carbons (Fsp3) is 0.350. The van der Waals surface area contributed by atoms with Crippen LogP contribution in [-0.2, 0) is 6.42 Å². The Morgan fingerprint density at radius 1 is 0.955 bits per heavy atom. The van der Waals surface area contributed by atoms with E-state index < -0.39 is 0 Å². The van der Waals surface area contributed by atoms with E-state index in [9.17, 15) is 4.79 Å². The Morgan fingerprint density at radius 2 is 1.64 bits per heavy atom. The zero-order valence-electron chi connectivity index (χ0n) is 13.5. The van der Waals surface area contributed by atoms with Crippen molar-refractivity contribution in [2.75, 3.05) is 6.54 Å². The predicted molar refractivity (Wildman–Crippen MR) is 92.2 cm³/mol. The van der Waals surface area contributed by atoms with Gasteiger partial charge in [-0.2, -0.15) is 0 Å². The molecule has 0 saturated carbocycles. The highest BCUT2D eigenvalue weighted by atomic mass is 16.1. The Labute approximate surface area is 133 Å². The van der Waals surface area contributed by atoms with Gasteiger partial charge in [0.05, 0.1) is 0 Å². The van der Waals surface area contributed by atoms with Gasteiger partial charge in [-0.25, -0.2) is 0 Å². The molecule has 1 amide bonds. The molecule has 2 rings (SSSR count). The van der Waals surface area contributed by atoms with Crippen molar-refractivity contribution in [2.24, 2.45) is 0 Å². The normalized spacial score (nSPS) is 10.7. The van der Waals surface area contributed by atoms with Gasteiger partial charge in [0.25, 0.3) is 5.91 Å². The van der Waals surface area contributed by atoms with Crippen molar-refractivity contribution in [2.45, 2.75) is 39.0 Å². The van der Waals surface area contributed by atoms with Crippen LogP contribution in [0.4, 0.5) is 0 Å². The van der Waals surface area contributed by atoms with Gasteiger partial charge in [-0.05, 0) is 48.4 Å². The van der Waals surface area contributed by atoms with Crippen molar-refractivity contribution in [1.82, 2.24) is 5.32 Å². The SMILES string of the molecule is CC(C)c1ccc(C(=O)NCCCCc2ccccc2)cc1. The van der Waals surface area contributed by atoms with Gasteiger partial charge < -0.3 is 5.32 Å². The Morgan fingerprint density at radius 3 is 2.27 bits per heavy atom. The molecule has 0 atom stereocenters. The standard InChI is InChI=1S/C20H25NO/c1-16(2)18-11-13-19(14-12-18)20(22)21-15-7-6-10-17-8-4-3-5-9-17/h3-5,8-9,11-14,16H,6-7,10,15H2,1-2H3,(H,21,22). The van der Waals surface area contributed by atoms with Crippen LogP contribution in [-0.4, -0.2) is 12.5 Å². The molecular weight excluding hydrogens is 270 g/mol. The highest BCUT2D eigenvalue weighted by Crippen LogP contribution is 2.14. The van der Waals surface area contributed by atoms with Gasteiger partial charge in [0, 0.05) is 12.1 Å². The fourth-order valence-corrected chi connectivity index (χ4v) is 2.42. The summed E-state index contributed by atoms with van der Waals surface area (Å²) in [6, 6.07) is 18.4. The molecular formula is C20H25NO. The van der Waals surface area contributed by atoms with E-state index >= 15 is 0 Å². The van der Waals surface area contributed by atoms with Crippen LogP contribution in [0.5, 0.6) is 0 Å². The molecule has 0 fully saturated rings. The molecule has 0 heterocycles. The number of rotatable bonds is 7. The van der Waals surface area contributed by atoms with Crippen molar-refractivity contribution in [3.63, 3.8) is 0 Å². The molecule has 0 spiro atoms. The van der Waals surface area contributed by atoms with Gasteiger partial charge in [-0.3, -0.25) is 4.79 Å². The minimum atomic E-state index is 0.0232. The van der Waals surface area contributed by atoms with Crippen LogP contribution in [0.25, 0.3) is 0 Å². The molecule has 0 unspecified atom stereocenters. The Kier molecular flexibility index (Phi) is 6.20. The zero-order chi connectivity index (χ0) is 15.8. The summed E-state index contributed by atoms with van der Waals surface area (Å²) in [6.07, 6.45) is 3.17. The van der Waals surface area contributed by atoms with Crippen molar-refractivity contribution in [1.29, 1.82) is 0 Å². The molecule has 0 saturated heterocycles. The van der Waals surface area contributed by atoms with E-state index in [0.29, 0.717) is 5.92 Å². The molecule has 0 aliphatic heterocycles. The Bertz CT molecular complexity index is 572. The van der Waals surface area contributed by atoms with Crippen molar-refractivity contribution >= 4 is 5.91 Å². The highest BCUT2D eigenvalue weighted by molar-refractivity contribution is 5.94. The maximum Gasteiger partial charge on any atom is 0.251 e. The van der Waals surface area contributed by atoms with Crippen LogP contribution in [0, 0.1) is 0 Å².